The predicted octanol–water partition coefficient (Wildman–Crippen LogP) is 5.76. The molecule has 21 heavy (non-hydrogen) atoms. The highest BCUT2D eigenvalue weighted by atomic mass is 79.9. The minimum atomic E-state index is 0.397. The molecule has 1 aliphatic heterocycles. The van der Waals surface area contributed by atoms with Gasteiger partial charge in [0.25, 0.3) is 0 Å². The van der Waals surface area contributed by atoms with Crippen molar-refractivity contribution < 1.29 is 4.74 Å². The van der Waals surface area contributed by atoms with E-state index in [-0.39, 0.29) is 0 Å². The van der Waals surface area contributed by atoms with E-state index in [0.29, 0.717) is 5.92 Å². The van der Waals surface area contributed by atoms with E-state index < -0.39 is 0 Å². The van der Waals surface area contributed by atoms with Crippen LogP contribution in [0.3, 0.4) is 0 Å². The summed E-state index contributed by atoms with van der Waals surface area (Å²) in [7, 11) is 0. The van der Waals surface area contributed by atoms with Gasteiger partial charge in [-0.05, 0) is 53.3 Å². The van der Waals surface area contributed by atoms with Crippen LogP contribution in [-0.4, -0.2) is 11.9 Å². The highest BCUT2D eigenvalue weighted by Gasteiger charge is 2.20. The second kappa shape index (κ2) is 6.72. The normalized spacial score (nSPS) is 14.6. The fourth-order valence-corrected chi connectivity index (χ4v) is 4.07. The summed E-state index contributed by atoms with van der Waals surface area (Å²) in [5.41, 5.74) is 3.76. The number of hydrogen-bond donors (Lipinski definition) is 0. The molecule has 4 heteroatoms. The Hall–Kier alpha value is -0.510. The Morgan fingerprint density at radius 3 is 2.86 bits per heavy atom. The van der Waals surface area contributed by atoms with Gasteiger partial charge in [-0.1, -0.05) is 55.6 Å². The third-order valence-corrected chi connectivity index (χ3v) is 5.29. The maximum Gasteiger partial charge on any atom is 0.125 e. The molecule has 2 aromatic rings. The highest BCUT2D eigenvalue weighted by molar-refractivity contribution is 9.10. The van der Waals surface area contributed by atoms with Gasteiger partial charge in [-0.3, -0.25) is 0 Å². The van der Waals surface area contributed by atoms with E-state index in [1.54, 1.807) is 0 Å². The van der Waals surface area contributed by atoms with E-state index in [0.717, 1.165) is 40.0 Å². The second-order valence-corrected chi connectivity index (χ2v) is 7.26. The van der Waals surface area contributed by atoms with E-state index in [2.05, 4.69) is 56.1 Å². The molecule has 1 aliphatic rings. The Morgan fingerprint density at radius 1 is 1.24 bits per heavy atom. The van der Waals surface area contributed by atoms with E-state index in [9.17, 15) is 0 Å². The molecule has 1 heterocycles. The SMILES string of the molecule is Clc1cc2c(c(CC(CBr)c3cccc(Br)c3)c1)OCC2. The van der Waals surface area contributed by atoms with Crippen LogP contribution >= 0.6 is 43.5 Å². The van der Waals surface area contributed by atoms with Crippen LogP contribution in [-0.2, 0) is 12.8 Å². The van der Waals surface area contributed by atoms with Crippen LogP contribution in [0.5, 0.6) is 5.75 Å². The van der Waals surface area contributed by atoms with Crippen molar-refractivity contribution in [3.05, 3.63) is 62.6 Å². The van der Waals surface area contributed by atoms with Gasteiger partial charge in [0.1, 0.15) is 5.75 Å². The van der Waals surface area contributed by atoms with E-state index in [4.69, 9.17) is 16.3 Å². The zero-order valence-electron chi connectivity index (χ0n) is 11.4. The number of fused-ring (bicyclic) bond motifs is 1. The topological polar surface area (TPSA) is 9.23 Å². The average Bonchev–Trinajstić information content (AvgIpc) is 2.92. The quantitative estimate of drug-likeness (QED) is 0.561. The molecule has 1 atom stereocenters. The molecular formula is C17H15Br2ClO. The molecule has 0 aliphatic carbocycles. The van der Waals surface area contributed by atoms with Crippen LogP contribution in [0.2, 0.25) is 5.02 Å². The lowest BCUT2D eigenvalue weighted by Crippen LogP contribution is -2.06. The maximum absolute atomic E-state index is 6.25. The number of benzene rings is 2. The average molecular weight is 431 g/mol. The first-order valence-electron chi connectivity index (χ1n) is 6.93. The summed E-state index contributed by atoms with van der Waals surface area (Å²) in [5.74, 6) is 1.44. The molecule has 1 unspecified atom stereocenters. The molecule has 3 rings (SSSR count). The number of halogens is 3. The summed E-state index contributed by atoms with van der Waals surface area (Å²) in [4.78, 5) is 0. The zero-order valence-corrected chi connectivity index (χ0v) is 15.3. The van der Waals surface area contributed by atoms with Crippen molar-refractivity contribution in [2.45, 2.75) is 18.8 Å². The van der Waals surface area contributed by atoms with Gasteiger partial charge in [0.05, 0.1) is 6.61 Å². The largest absolute Gasteiger partial charge is 0.493 e. The van der Waals surface area contributed by atoms with Crippen molar-refractivity contribution in [3.8, 4) is 5.75 Å². The Kier molecular flexibility index (Phi) is 4.92. The molecule has 1 nitrogen and oxygen atoms in total. The fourth-order valence-electron chi connectivity index (χ4n) is 2.79. The van der Waals surface area contributed by atoms with E-state index in [1.165, 1.54) is 16.7 Å². The first-order chi connectivity index (χ1) is 10.2. The molecule has 0 bridgehead atoms. The van der Waals surface area contributed by atoms with Gasteiger partial charge in [0.2, 0.25) is 0 Å². The molecule has 0 fully saturated rings. The molecule has 0 amide bonds. The van der Waals surface area contributed by atoms with Crippen molar-refractivity contribution in [3.63, 3.8) is 0 Å². The number of rotatable bonds is 4. The second-order valence-electron chi connectivity index (χ2n) is 5.26. The summed E-state index contributed by atoms with van der Waals surface area (Å²) in [6, 6.07) is 12.5. The fraction of sp³-hybridized carbons (Fsp3) is 0.294. The molecular weight excluding hydrogens is 415 g/mol. The Balaban J connectivity index is 1.91. The van der Waals surface area contributed by atoms with Crippen LogP contribution in [0.25, 0.3) is 0 Å². The maximum atomic E-state index is 6.25. The molecule has 0 N–H and O–H groups in total. The van der Waals surface area contributed by atoms with Crippen molar-refractivity contribution >= 4 is 43.5 Å². The van der Waals surface area contributed by atoms with E-state index in [1.807, 2.05) is 12.1 Å². The molecule has 0 saturated carbocycles. The van der Waals surface area contributed by atoms with Gasteiger partial charge in [-0.25, -0.2) is 0 Å². The van der Waals surface area contributed by atoms with Gasteiger partial charge in [-0.15, -0.1) is 0 Å². The van der Waals surface area contributed by atoms with Crippen LogP contribution in [0, 0.1) is 0 Å². The van der Waals surface area contributed by atoms with Gasteiger partial charge in [0.15, 0.2) is 0 Å². The molecule has 0 spiro atoms. The first-order valence-corrected chi connectivity index (χ1v) is 9.22. The lowest BCUT2D eigenvalue weighted by molar-refractivity contribution is 0.353. The summed E-state index contributed by atoms with van der Waals surface area (Å²) in [5, 5.41) is 1.71. The highest BCUT2D eigenvalue weighted by Crippen LogP contribution is 2.36. The van der Waals surface area contributed by atoms with Crippen LogP contribution in [0.1, 0.15) is 22.6 Å². The minimum Gasteiger partial charge on any atom is -0.493 e. The molecule has 2 aromatic carbocycles. The van der Waals surface area contributed by atoms with Crippen LogP contribution < -0.4 is 4.74 Å². The molecule has 0 aromatic heterocycles. The standard InChI is InChI=1S/C17H15Br2ClO/c18-10-14(11-2-1-3-15(19)7-11)6-13-9-16(20)8-12-4-5-21-17(12)13/h1-3,7-9,14H,4-6,10H2. The predicted molar refractivity (Wildman–Crippen MR) is 95.0 cm³/mol. The minimum absolute atomic E-state index is 0.397. The smallest absolute Gasteiger partial charge is 0.125 e. The third-order valence-electron chi connectivity index (χ3n) is 3.80. The van der Waals surface area contributed by atoms with Gasteiger partial charge in [-0.2, -0.15) is 0 Å². The van der Waals surface area contributed by atoms with E-state index >= 15 is 0 Å². The van der Waals surface area contributed by atoms with Gasteiger partial charge in [0, 0.05) is 21.2 Å². The van der Waals surface area contributed by atoms with Gasteiger partial charge < -0.3 is 4.74 Å². The lowest BCUT2D eigenvalue weighted by Gasteiger charge is -2.17. The van der Waals surface area contributed by atoms with Crippen molar-refractivity contribution in [1.82, 2.24) is 0 Å². The number of hydrogen-bond acceptors (Lipinski definition) is 1. The first kappa shape index (κ1) is 15.4. The molecule has 110 valence electrons. The number of ether oxygens (including phenoxy) is 1. The summed E-state index contributed by atoms with van der Waals surface area (Å²) >= 11 is 13.4. The molecule has 0 radical (unpaired) electrons. The summed E-state index contributed by atoms with van der Waals surface area (Å²) in [6.07, 6.45) is 1.88. The van der Waals surface area contributed by atoms with Crippen molar-refractivity contribution in [2.75, 3.05) is 11.9 Å². The Morgan fingerprint density at radius 2 is 2.10 bits per heavy atom. The van der Waals surface area contributed by atoms with Gasteiger partial charge >= 0.3 is 0 Å². The molecule has 0 saturated heterocycles. The van der Waals surface area contributed by atoms with Crippen molar-refractivity contribution in [1.29, 1.82) is 0 Å². The Bertz CT molecular complexity index is 657. The van der Waals surface area contributed by atoms with Crippen LogP contribution in [0.15, 0.2) is 40.9 Å². The lowest BCUT2D eigenvalue weighted by atomic mass is 9.92. The zero-order chi connectivity index (χ0) is 14.8. The van der Waals surface area contributed by atoms with Crippen molar-refractivity contribution in [2.24, 2.45) is 0 Å². The monoisotopic (exact) mass is 428 g/mol. The third kappa shape index (κ3) is 3.46. The Labute approximate surface area is 146 Å². The summed E-state index contributed by atoms with van der Waals surface area (Å²) in [6.45, 7) is 0.762. The number of alkyl halides is 1. The van der Waals surface area contributed by atoms with Crippen LogP contribution in [0.4, 0.5) is 0 Å². The summed E-state index contributed by atoms with van der Waals surface area (Å²) < 4.78 is 6.92.